The van der Waals surface area contributed by atoms with E-state index in [0.717, 1.165) is 21.8 Å². The summed E-state index contributed by atoms with van der Waals surface area (Å²) in [6.45, 7) is 2.03. The number of thiazole rings is 1. The highest BCUT2D eigenvalue weighted by atomic mass is 32.1. The van der Waals surface area contributed by atoms with Crippen molar-refractivity contribution in [2.75, 3.05) is 26.0 Å². The number of hydrogen-bond donors (Lipinski definition) is 2. The Morgan fingerprint density at radius 2 is 1.91 bits per heavy atom. The first kappa shape index (κ1) is 16.1. The highest BCUT2D eigenvalue weighted by molar-refractivity contribution is 7.17. The molecule has 7 heteroatoms. The van der Waals surface area contributed by atoms with Crippen LogP contribution in [-0.4, -0.2) is 37.5 Å². The summed E-state index contributed by atoms with van der Waals surface area (Å²) in [6.07, 6.45) is 0. The second-order valence-corrected chi connectivity index (χ2v) is 6.23. The molecule has 6 nitrogen and oxygen atoms in total. The minimum Gasteiger partial charge on any atom is -0.544 e. The quantitative estimate of drug-likeness (QED) is 0.783. The summed E-state index contributed by atoms with van der Waals surface area (Å²) in [7, 11) is 3.81. The fourth-order valence-corrected chi connectivity index (χ4v) is 2.84. The molecule has 1 amide bonds. The van der Waals surface area contributed by atoms with Gasteiger partial charge in [0.05, 0.1) is 30.6 Å². The maximum absolute atomic E-state index is 11.7. The maximum atomic E-state index is 11.7. The van der Waals surface area contributed by atoms with Crippen molar-refractivity contribution in [3.63, 3.8) is 0 Å². The van der Waals surface area contributed by atoms with Crippen LogP contribution in [0.4, 0.5) is 5.69 Å². The molecule has 22 heavy (non-hydrogen) atoms. The van der Waals surface area contributed by atoms with Crippen molar-refractivity contribution in [2.45, 2.75) is 6.92 Å². The second-order valence-electron chi connectivity index (χ2n) is 5.23. The van der Waals surface area contributed by atoms with Gasteiger partial charge in [0.2, 0.25) is 0 Å². The molecule has 0 aliphatic heterocycles. The molecule has 0 aliphatic carbocycles. The molecule has 1 aromatic heterocycles. The lowest BCUT2D eigenvalue weighted by Crippen LogP contribution is -3.06. The van der Waals surface area contributed by atoms with Gasteiger partial charge in [-0.25, -0.2) is 4.98 Å². The van der Waals surface area contributed by atoms with Crippen molar-refractivity contribution in [3.8, 4) is 10.6 Å². The van der Waals surface area contributed by atoms with Crippen LogP contribution in [0.25, 0.3) is 10.6 Å². The fourth-order valence-electron chi connectivity index (χ4n) is 1.93. The Bertz CT molecular complexity index is 693. The number of likely N-dealkylation sites (N-methyl/N-ethyl adjacent to an activating group) is 1. The molecule has 0 atom stereocenters. The van der Waals surface area contributed by atoms with Gasteiger partial charge in [-0.15, -0.1) is 11.3 Å². The van der Waals surface area contributed by atoms with Gasteiger partial charge in [-0.1, -0.05) is 0 Å². The van der Waals surface area contributed by atoms with Gasteiger partial charge in [-0.05, 0) is 31.2 Å². The Balaban J connectivity index is 2.13. The zero-order valence-electron chi connectivity index (χ0n) is 12.6. The molecule has 2 N–H and O–H groups in total. The summed E-state index contributed by atoms with van der Waals surface area (Å²) in [6, 6.07) is 7.15. The molecular formula is C15H17N3O3S. The van der Waals surface area contributed by atoms with Crippen LogP contribution in [0.5, 0.6) is 0 Å². The number of aromatic nitrogens is 1. The zero-order valence-corrected chi connectivity index (χ0v) is 13.4. The van der Waals surface area contributed by atoms with Gasteiger partial charge < -0.3 is 20.1 Å². The molecule has 1 aromatic carbocycles. The highest BCUT2D eigenvalue weighted by Gasteiger charge is 2.11. The lowest BCUT2D eigenvalue weighted by molar-refractivity contribution is -0.849. The van der Waals surface area contributed by atoms with E-state index in [9.17, 15) is 14.7 Å². The third-order valence-electron chi connectivity index (χ3n) is 2.91. The second kappa shape index (κ2) is 6.67. The number of nitrogens with zero attached hydrogens (tertiary/aromatic N) is 1. The van der Waals surface area contributed by atoms with Crippen molar-refractivity contribution in [1.82, 2.24) is 4.98 Å². The first-order chi connectivity index (χ1) is 10.4. The SMILES string of the molecule is Cc1nc(-c2ccc(NC(=O)C[NH+](C)C)cc2)sc1C(=O)[O-]. The Morgan fingerprint density at radius 1 is 1.27 bits per heavy atom. The van der Waals surface area contributed by atoms with E-state index < -0.39 is 5.97 Å². The number of nitrogens with one attached hydrogen (secondary N) is 2. The minimum atomic E-state index is -1.21. The number of anilines is 1. The van der Waals surface area contributed by atoms with Crippen molar-refractivity contribution < 1.29 is 19.6 Å². The van der Waals surface area contributed by atoms with Crippen LogP contribution in [0.1, 0.15) is 15.4 Å². The van der Waals surface area contributed by atoms with Gasteiger partial charge in [0, 0.05) is 11.3 Å². The van der Waals surface area contributed by atoms with Crippen LogP contribution in [0, 0.1) is 6.92 Å². The molecule has 2 aromatic rings. The van der Waals surface area contributed by atoms with E-state index >= 15 is 0 Å². The van der Waals surface area contributed by atoms with E-state index in [1.165, 1.54) is 0 Å². The number of benzene rings is 1. The third kappa shape index (κ3) is 3.90. The number of carbonyl (C=O) groups is 2. The van der Waals surface area contributed by atoms with E-state index in [0.29, 0.717) is 22.9 Å². The fraction of sp³-hybridized carbons (Fsp3) is 0.267. The molecular weight excluding hydrogens is 302 g/mol. The molecule has 0 unspecified atom stereocenters. The van der Waals surface area contributed by atoms with Crippen LogP contribution < -0.4 is 15.3 Å². The monoisotopic (exact) mass is 319 g/mol. The molecule has 1 heterocycles. The minimum absolute atomic E-state index is 0.0583. The lowest BCUT2D eigenvalue weighted by atomic mass is 10.2. The molecule has 0 saturated heterocycles. The topological polar surface area (TPSA) is 86.6 Å². The van der Waals surface area contributed by atoms with Crippen LogP contribution in [0.3, 0.4) is 0 Å². The number of aromatic carboxylic acids is 1. The average Bonchev–Trinajstić information content (AvgIpc) is 2.81. The predicted octanol–water partition coefficient (Wildman–Crippen LogP) is -0.435. The van der Waals surface area contributed by atoms with Gasteiger partial charge >= 0.3 is 0 Å². The summed E-state index contributed by atoms with van der Waals surface area (Å²) in [5.41, 5.74) is 1.95. The molecule has 0 saturated carbocycles. The largest absolute Gasteiger partial charge is 0.544 e. The molecule has 0 radical (unpaired) electrons. The van der Waals surface area contributed by atoms with Crippen LogP contribution in [0.15, 0.2) is 24.3 Å². The van der Waals surface area contributed by atoms with Crippen LogP contribution in [-0.2, 0) is 4.79 Å². The molecule has 2 rings (SSSR count). The van der Waals surface area contributed by atoms with Crippen LogP contribution >= 0.6 is 11.3 Å². The van der Waals surface area contributed by atoms with Crippen molar-refractivity contribution in [3.05, 3.63) is 34.8 Å². The average molecular weight is 319 g/mol. The number of aryl methyl sites for hydroxylation is 1. The molecule has 116 valence electrons. The number of hydrogen-bond acceptors (Lipinski definition) is 5. The van der Waals surface area contributed by atoms with Gasteiger partial charge in [0.15, 0.2) is 6.54 Å². The number of carbonyl (C=O) groups excluding carboxylic acids is 2. The molecule has 0 spiro atoms. The van der Waals surface area contributed by atoms with E-state index in [-0.39, 0.29) is 10.8 Å². The number of quaternary nitrogens is 1. The van der Waals surface area contributed by atoms with E-state index in [2.05, 4.69) is 10.3 Å². The lowest BCUT2D eigenvalue weighted by Gasteiger charge is -2.08. The summed E-state index contributed by atoms with van der Waals surface area (Å²) >= 11 is 1.09. The third-order valence-corrected chi connectivity index (χ3v) is 4.10. The first-order valence-electron chi connectivity index (χ1n) is 6.75. The highest BCUT2D eigenvalue weighted by Crippen LogP contribution is 2.28. The summed E-state index contributed by atoms with van der Waals surface area (Å²) in [5, 5.41) is 14.4. The summed E-state index contributed by atoms with van der Waals surface area (Å²) in [5.74, 6) is -1.27. The van der Waals surface area contributed by atoms with Gasteiger partial charge in [0.1, 0.15) is 5.01 Å². The Labute approximate surface area is 132 Å². The summed E-state index contributed by atoms with van der Waals surface area (Å²) < 4.78 is 0. The Kier molecular flexibility index (Phi) is 4.89. The number of carboxylic acid groups (broad SMARTS) is 1. The predicted molar refractivity (Wildman–Crippen MR) is 82.9 cm³/mol. The first-order valence-corrected chi connectivity index (χ1v) is 7.56. The molecule has 0 fully saturated rings. The number of carboxylic acids is 1. The maximum Gasteiger partial charge on any atom is 0.279 e. The van der Waals surface area contributed by atoms with E-state index in [1.54, 1.807) is 31.2 Å². The Hall–Kier alpha value is -2.25. The van der Waals surface area contributed by atoms with Crippen molar-refractivity contribution >= 4 is 28.9 Å². The normalized spacial score (nSPS) is 10.7. The van der Waals surface area contributed by atoms with Crippen molar-refractivity contribution in [1.29, 1.82) is 0 Å². The van der Waals surface area contributed by atoms with E-state index in [1.807, 2.05) is 14.1 Å². The number of amides is 1. The van der Waals surface area contributed by atoms with Crippen LogP contribution in [0.2, 0.25) is 0 Å². The standard InChI is InChI=1S/C15H17N3O3S/c1-9-13(15(20)21)22-14(16-9)10-4-6-11(7-5-10)17-12(19)8-18(2)3/h4-7H,8H2,1-3H3,(H,17,19)(H,20,21). The smallest absolute Gasteiger partial charge is 0.279 e. The summed E-state index contributed by atoms with van der Waals surface area (Å²) in [4.78, 5) is 28.0. The van der Waals surface area contributed by atoms with E-state index in [4.69, 9.17) is 0 Å². The van der Waals surface area contributed by atoms with Gasteiger partial charge in [-0.2, -0.15) is 0 Å². The zero-order chi connectivity index (χ0) is 16.3. The van der Waals surface area contributed by atoms with Gasteiger partial charge in [0.25, 0.3) is 5.91 Å². The molecule has 0 aliphatic rings. The molecule has 0 bridgehead atoms. The van der Waals surface area contributed by atoms with Crippen molar-refractivity contribution in [2.24, 2.45) is 0 Å². The van der Waals surface area contributed by atoms with Gasteiger partial charge in [-0.3, -0.25) is 4.79 Å². The Morgan fingerprint density at radius 3 is 2.41 bits per heavy atom. The number of rotatable bonds is 5.